The third kappa shape index (κ3) is 4.47. The molecule has 0 atom stereocenters. The van der Waals surface area contributed by atoms with E-state index in [0.29, 0.717) is 5.56 Å². The van der Waals surface area contributed by atoms with Crippen LogP contribution < -0.4 is 5.32 Å². The zero-order valence-electron chi connectivity index (χ0n) is 10.6. The van der Waals surface area contributed by atoms with Crippen molar-refractivity contribution in [2.45, 2.75) is 39.5 Å². The number of phenols is 1. The maximum atomic E-state index is 11.7. The van der Waals surface area contributed by atoms with Crippen molar-refractivity contribution in [1.29, 1.82) is 0 Å². The van der Waals surface area contributed by atoms with Gasteiger partial charge in [-0.05, 0) is 37.1 Å². The summed E-state index contributed by atoms with van der Waals surface area (Å²) in [6.07, 6.45) is 4.60. The van der Waals surface area contributed by atoms with Crippen LogP contribution in [0.25, 0.3) is 0 Å². The lowest BCUT2D eigenvalue weighted by molar-refractivity contribution is 0.0953. The molecule has 0 aliphatic rings. The largest absolute Gasteiger partial charge is 0.508 e. The van der Waals surface area contributed by atoms with Crippen LogP contribution in [-0.2, 0) is 0 Å². The van der Waals surface area contributed by atoms with Crippen LogP contribution >= 0.6 is 0 Å². The van der Waals surface area contributed by atoms with Crippen molar-refractivity contribution in [1.82, 2.24) is 5.32 Å². The van der Waals surface area contributed by atoms with E-state index >= 15 is 0 Å². The number of nitrogens with one attached hydrogen (secondary N) is 1. The van der Waals surface area contributed by atoms with E-state index in [1.807, 2.05) is 0 Å². The quantitative estimate of drug-likeness (QED) is 0.745. The number of hydrogen-bond donors (Lipinski definition) is 2. The van der Waals surface area contributed by atoms with Gasteiger partial charge in [0.15, 0.2) is 0 Å². The maximum absolute atomic E-state index is 11.7. The third-order valence-electron chi connectivity index (χ3n) is 2.77. The molecule has 1 aromatic carbocycles. The van der Waals surface area contributed by atoms with Gasteiger partial charge in [-0.3, -0.25) is 4.79 Å². The lowest BCUT2D eigenvalue weighted by atomic mass is 10.1. The molecular formula is C14H21NO2. The summed E-state index contributed by atoms with van der Waals surface area (Å²) in [5.74, 6) is 0.161. The highest BCUT2D eigenvalue weighted by Crippen LogP contribution is 2.16. The first-order valence-electron chi connectivity index (χ1n) is 6.23. The van der Waals surface area contributed by atoms with Crippen LogP contribution in [0.15, 0.2) is 18.2 Å². The molecule has 0 radical (unpaired) electrons. The molecule has 0 heterocycles. The zero-order valence-corrected chi connectivity index (χ0v) is 10.6. The summed E-state index contributed by atoms with van der Waals surface area (Å²) < 4.78 is 0. The Labute approximate surface area is 103 Å². The highest BCUT2D eigenvalue weighted by atomic mass is 16.3. The van der Waals surface area contributed by atoms with E-state index in [9.17, 15) is 9.90 Å². The van der Waals surface area contributed by atoms with Crippen LogP contribution in [0.2, 0.25) is 0 Å². The van der Waals surface area contributed by atoms with E-state index in [0.717, 1.165) is 24.9 Å². The molecule has 0 saturated carbocycles. The second-order valence-electron chi connectivity index (χ2n) is 4.32. The Morgan fingerprint density at radius 2 is 2.06 bits per heavy atom. The van der Waals surface area contributed by atoms with E-state index in [1.165, 1.54) is 12.8 Å². The van der Waals surface area contributed by atoms with Crippen molar-refractivity contribution in [3.05, 3.63) is 29.3 Å². The van der Waals surface area contributed by atoms with Crippen molar-refractivity contribution in [3.8, 4) is 5.75 Å². The van der Waals surface area contributed by atoms with Crippen LogP contribution in [0, 0.1) is 6.92 Å². The number of carbonyl (C=O) groups excluding carboxylic acids is 1. The number of hydrogen-bond acceptors (Lipinski definition) is 2. The summed E-state index contributed by atoms with van der Waals surface area (Å²) in [6.45, 7) is 4.67. The van der Waals surface area contributed by atoms with Gasteiger partial charge in [-0.25, -0.2) is 0 Å². The topological polar surface area (TPSA) is 49.3 Å². The number of unbranched alkanes of at least 4 members (excludes halogenated alkanes) is 3. The Balaban J connectivity index is 2.39. The van der Waals surface area contributed by atoms with E-state index in [4.69, 9.17) is 0 Å². The van der Waals surface area contributed by atoms with E-state index < -0.39 is 0 Å². The average Bonchev–Trinajstić information content (AvgIpc) is 2.32. The minimum Gasteiger partial charge on any atom is -0.508 e. The second kappa shape index (κ2) is 6.94. The molecule has 2 N–H and O–H groups in total. The van der Waals surface area contributed by atoms with Gasteiger partial charge in [0.05, 0.1) is 0 Å². The van der Waals surface area contributed by atoms with Crippen molar-refractivity contribution in [2.24, 2.45) is 0 Å². The lowest BCUT2D eigenvalue weighted by Crippen LogP contribution is -2.24. The SMILES string of the molecule is CCCCCCNC(=O)c1ccc(O)c(C)c1. The summed E-state index contributed by atoms with van der Waals surface area (Å²) in [4.78, 5) is 11.7. The predicted octanol–water partition coefficient (Wildman–Crippen LogP) is 3.01. The molecule has 0 fully saturated rings. The van der Waals surface area contributed by atoms with E-state index in [-0.39, 0.29) is 11.7 Å². The predicted molar refractivity (Wildman–Crippen MR) is 69.3 cm³/mol. The van der Waals surface area contributed by atoms with E-state index in [2.05, 4.69) is 12.2 Å². The molecule has 0 aliphatic carbocycles. The van der Waals surface area contributed by atoms with Crippen LogP contribution in [-0.4, -0.2) is 17.6 Å². The van der Waals surface area contributed by atoms with Gasteiger partial charge in [0.2, 0.25) is 0 Å². The molecule has 1 aromatic rings. The number of benzene rings is 1. The molecule has 1 amide bonds. The molecule has 94 valence electrons. The highest BCUT2D eigenvalue weighted by molar-refractivity contribution is 5.94. The van der Waals surface area contributed by atoms with Gasteiger partial charge in [0, 0.05) is 12.1 Å². The zero-order chi connectivity index (χ0) is 12.7. The maximum Gasteiger partial charge on any atom is 0.251 e. The van der Waals surface area contributed by atoms with E-state index in [1.54, 1.807) is 25.1 Å². The monoisotopic (exact) mass is 235 g/mol. The molecule has 0 bridgehead atoms. The van der Waals surface area contributed by atoms with Gasteiger partial charge >= 0.3 is 0 Å². The summed E-state index contributed by atoms with van der Waals surface area (Å²) in [6, 6.07) is 4.90. The lowest BCUT2D eigenvalue weighted by Gasteiger charge is -2.06. The van der Waals surface area contributed by atoms with Crippen molar-refractivity contribution < 1.29 is 9.90 Å². The fourth-order valence-corrected chi connectivity index (χ4v) is 1.65. The van der Waals surface area contributed by atoms with Crippen LogP contribution in [0.3, 0.4) is 0 Å². The second-order valence-corrected chi connectivity index (χ2v) is 4.32. The molecule has 0 spiro atoms. The Kier molecular flexibility index (Phi) is 5.53. The molecule has 0 aromatic heterocycles. The number of carbonyl (C=O) groups is 1. The Morgan fingerprint density at radius 1 is 1.29 bits per heavy atom. The first-order chi connectivity index (χ1) is 8.15. The van der Waals surface area contributed by atoms with Crippen LogP contribution in [0.5, 0.6) is 5.75 Å². The molecule has 0 saturated heterocycles. The third-order valence-corrected chi connectivity index (χ3v) is 2.77. The number of amides is 1. The van der Waals surface area contributed by atoms with Gasteiger partial charge in [-0.1, -0.05) is 26.2 Å². The molecule has 17 heavy (non-hydrogen) atoms. The summed E-state index contributed by atoms with van der Waals surface area (Å²) >= 11 is 0. The van der Waals surface area contributed by atoms with Crippen molar-refractivity contribution >= 4 is 5.91 Å². The van der Waals surface area contributed by atoms with Crippen LogP contribution in [0.1, 0.15) is 48.5 Å². The summed E-state index contributed by atoms with van der Waals surface area (Å²) in [5.41, 5.74) is 1.33. The van der Waals surface area contributed by atoms with Gasteiger partial charge in [0.1, 0.15) is 5.75 Å². The van der Waals surface area contributed by atoms with Crippen LogP contribution in [0.4, 0.5) is 0 Å². The van der Waals surface area contributed by atoms with Gasteiger partial charge in [-0.15, -0.1) is 0 Å². The summed E-state index contributed by atoms with van der Waals surface area (Å²) in [7, 11) is 0. The fourth-order valence-electron chi connectivity index (χ4n) is 1.65. The minimum atomic E-state index is -0.0652. The summed E-state index contributed by atoms with van der Waals surface area (Å²) in [5, 5.41) is 12.3. The number of aromatic hydroxyl groups is 1. The van der Waals surface area contributed by atoms with Gasteiger partial charge < -0.3 is 10.4 Å². The van der Waals surface area contributed by atoms with Gasteiger partial charge in [0.25, 0.3) is 5.91 Å². The number of aryl methyl sites for hydroxylation is 1. The molecule has 3 nitrogen and oxygen atoms in total. The molecule has 0 aliphatic heterocycles. The molecular weight excluding hydrogens is 214 g/mol. The number of phenolic OH excluding ortho intramolecular Hbond substituents is 1. The smallest absolute Gasteiger partial charge is 0.251 e. The first kappa shape index (κ1) is 13.6. The van der Waals surface area contributed by atoms with Crippen molar-refractivity contribution in [3.63, 3.8) is 0 Å². The molecule has 1 rings (SSSR count). The molecule has 0 unspecified atom stereocenters. The van der Waals surface area contributed by atoms with Gasteiger partial charge in [-0.2, -0.15) is 0 Å². The Morgan fingerprint density at radius 3 is 2.71 bits per heavy atom. The molecule has 3 heteroatoms. The average molecular weight is 235 g/mol. The Hall–Kier alpha value is -1.51. The standard InChI is InChI=1S/C14H21NO2/c1-3-4-5-6-9-15-14(17)12-7-8-13(16)11(2)10-12/h7-8,10,16H,3-6,9H2,1-2H3,(H,15,17). The minimum absolute atomic E-state index is 0.0652. The first-order valence-corrected chi connectivity index (χ1v) is 6.23. The fraction of sp³-hybridized carbons (Fsp3) is 0.500. The van der Waals surface area contributed by atoms with Crippen molar-refractivity contribution in [2.75, 3.05) is 6.54 Å². The number of rotatable bonds is 6. The highest BCUT2D eigenvalue weighted by Gasteiger charge is 2.06. The normalized spacial score (nSPS) is 10.2. The Bertz CT molecular complexity index is 374.